The lowest BCUT2D eigenvalue weighted by molar-refractivity contribution is -0.141. The summed E-state index contributed by atoms with van der Waals surface area (Å²) in [6.07, 6.45) is -3.93. The number of hydrogen-bond acceptors (Lipinski definition) is 3. The van der Waals surface area contributed by atoms with Crippen molar-refractivity contribution in [3.63, 3.8) is 0 Å². The molecule has 2 heterocycles. The summed E-state index contributed by atoms with van der Waals surface area (Å²) in [7, 11) is 0. The first-order valence-corrected chi connectivity index (χ1v) is 6.61. The Morgan fingerprint density at radius 3 is 2.67 bits per heavy atom. The minimum atomic E-state index is -4.64. The summed E-state index contributed by atoms with van der Waals surface area (Å²) in [6.45, 7) is 3.45. The zero-order valence-corrected chi connectivity index (χ0v) is 11.4. The van der Waals surface area contributed by atoms with E-state index in [9.17, 15) is 22.8 Å². The molecule has 116 valence electrons. The van der Waals surface area contributed by atoms with E-state index in [4.69, 9.17) is 0 Å². The maximum absolute atomic E-state index is 12.4. The van der Waals surface area contributed by atoms with Gasteiger partial charge in [-0.2, -0.15) is 13.2 Å². The highest BCUT2D eigenvalue weighted by atomic mass is 19.4. The Balaban J connectivity index is 2.14. The number of alkyl halides is 3. The highest BCUT2D eigenvalue weighted by Gasteiger charge is 2.32. The molecule has 1 aliphatic heterocycles. The molecule has 1 fully saturated rings. The number of hydrogen-bond donors (Lipinski definition) is 3. The average molecular weight is 303 g/mol. The summed E-state index contributed by atoms with van der Waals surface area (Å²) in [5, 5.41) is 5.87. The number of amides is 1. The molecule has 0 aliphatic carbocycles. The number of rotatable bonds is 2. The van der Waals surface area contributed by atoms with Crippen molar-refractivity contribution in [2.45, 2.75) is 25.6 Å². The molecule has 2 rings (SSSR count). The van der Waals surface area contributed by atoms with Crippen molar-refractivity contribution in [2.75, 3.05) is 13.1 Å². The second kappa shape index (κ2) is 5.88. The Kier molecular flexibility index (Phi) is 4.36. The van der Waals surface area contributed by atoms with Gasteiger partial charge in [-0.1, -0.05) is 6.92 Å². The Morgan fingerprint density at radius 1 is 1.38 bits per heavy atom. The van der Waals surface area contributed by atoms with Gasteiger partial charge in [-0.05, 0) is 37.6 Å². The third-order valence-electron chi connectivity index (χ3n) is 3.56. The van der Waals surface area contributed by atoms with Crippen LogP contribution in [0.3, 0.4) is 0 Å². The summed E-state index contributed by atoms with van der Waals surface area (Å²) in [4.78, 5) is 25.3. The van der Waals surface area contributed by atoms with Crippen LogP contribution in [0.25, 0.3) is 0 Å². The second-order valence-corrected chi connectivity index (χ2v) is 5.16. The van der Waals surface area contributed by atoms with Gasteiger partial charge in [0.05, 0.1) is 0 Å². The Hall–Kier alpha value is -1.83. The number of carbonyl (C=O) groups is 1. The number of aromatic amines is 1. The molecule has 1 aromatic rings. The van der Waals surface area contributed by atoms with E-state index in [0.29, 0.717) is 12.5 Å². The molecule has 1 amide bonds. The monoisotopic (exact) mass is 303 g/mol. The summed E-state index contributed by atoms with van der Waals surface area (Å²) in [5.74, 6) is -0.458. The Morgan fingerprint density at radius 2 is 2.10 bits per heavy atom. The lowest BCUT2D eigenvalue weighted by Crippen LogP contribution is -2.49. The largest absolute Gasteiger partial charge is 0.431 e. The third kappa shape index (κ3) is 3.63. The number of carbonyl (C=O) groups excluding carboxylic acids is 1. The number of pyridine rings is 1. The van der Waals surface area contributed by atoms with E-state index in [1.165, 1.54) is 0 Å². The number of nitrogens with one attached hydrogen (secondary N) is 3. The van der Waals surface area contributed by atoms with E-state index in [0.717, 1.165) is 19.2 Å². The Labute approximate surface area is 118 Å². The first kappa shape index (κ1) is 15.6. The van der Waals surface area contributed by atoms with E-state index in [1.807, 2.05) is 6.92 Å². The van der Waals surface area contributed by atoms with Gasteiger partial charge in [0.2, 0.25) is 0 Å². The topological polar surface area (TPSA) is 74.0 Å². The zero-order valence-electron chi connectivity index (χ0n) is 11.4. The average Bonchev–Trinajstić information content (AvgIpc) is 2.40. The fourth-order valence-corrected chi connectivity index (χ4v) is 2.29. The molecule has 5 nitrogen and oxygen atoms in total. The second-order valence-electron chi connectivity index (χ2n) is 5.16. The van der Waals surface area contributed by atoms with Crippen molar-refractivity contribution in [2.24, 2.45) is 5.92 Å². The summed E-state index contributed by atoms with van der Waals surface area (Å²) in [6, 6.07) is 1.51. The normalized spacial score (nSPS) is 22.9. The van der Waals surface area contributed by atoms with E-state index in [-0.39, 0.29) is 17.5 Å². The van der Waals surface area contributed by atoms with Gasteiger partial charge in [0, 0.05) is 6.04 Å². The van der Waals surface area contributed by atoms with E-state index in [1.54, 1.807) is 4.98 Å². The molecule has 0 aromatic carbocycles. The van der Waals surface area contributed by atoms with Crippen molar-refractivity contribution in [3.8, 4) is 0 Å². The van der Waals surface area contributed by atoms with Crippen molar-refractivity contribution in [1.82, 2.24) is 15.6 Å². The van der Waals surface area contributed by atoms with Crippen molar-refractivity contribution < 1.29 is 18.0 Å². The van der Waals surface area contributed by atoms with Gasteiger partial charge in [-0.25, -0.2) is 0 Å². The molecule has 0 spiro atoms. The molecule has 0 bridgehead atoms. The van der Waals surface area contributed by atoms with Gasteiger partial charge in [0.25, 0.3) is 11.5 Å². The van der Waals surface area contributed by atoms with Gasteiger partial charge in [0.15, 0.2) is 0 Å². The smallest absolute Gasteiger partial charge is 0.349 e. The van der Waals surface area contributed by atoms with Gasteiger partial charge in [0.1, 0.15) is 11.3 Å². The number of H-pyrrole nitrogens is 1. The predicted octanol–water partition coefficient (Wildman–Crippen LogP) is 1.12. The molecule has 8 heteroatoms. The standard InChI is InChI=1S/C13H16F3N3O2/c1-7-6-17-5-4-9(7)18-11(20)8-2-3-10(13(14,15)16)19-12(8)21/h2-3,7,9,17H,4-6H2,1H3,(H,18,20)(H,19,21). The zero-order chi connectivity index (χ0) is 15.6. The first-order valence-electron chi connectivity index (χ1n) is 6.61. The van der Waals surface area contributed by atoms with Gasteiger partial charge in [-0.3, -0.25) is 9.59 Å². The van der Waals surface area contributed by atoms with E-state index in [2.05, 4.69) is 10.6 Å². The molecule has 1 aromatic heterocycles. The van der Waals surface area contributed by atoms with Crippen LogP contribution in [0.4, 0.5) is 13.2 Å². The van der Waals surface area contributed by atoms with Crippen molar-refractivity contribution in [1.29, 1.82) is 0 Å². The van der Waals surface area contributed by atoms with Crippen LogP contribution >= 0.6 is 0 Å². The van der Waals surface area contributed by atoms with Crippen LogP contribution in [0, 0.1) is 5.92 Å². The highest BCUT2D eigenvalue weighted by molar-refractivity contribution is 5.94. The number of piperidine rings is 1. The SMILES string of the molecule is CC1CNCCC1NC(=O)c1ccc(C(F)(F)F)[nH]c1=O. The molecular formula is C13H16F3N3O2. The van der Waals surface area contributed by atoms with Crippen LogP contribution in [-0.2, 0) is 6.18 Å². The molecule has 3 N–H and O–H groups in total. The molecule has 2 unspecified atom stereocenters. The molecule has 0 radical (unpaired) electrons. The van der Waals surface area contributed by atoms with Crippen LogP contribution in [0.2, 0.25) is 0 Å². The lowest BCUT2D eigenvalue weighted by atomic mass is 9.95. The maximum atomic E-state index is 12.4. The minimum Gasteiger partial charge on any atom is -0.349 e. The summed E-state index contributed by atoms with van der Waals surface area (Å²) < 4.78 is 37.3. The quantitative estimate of drug-likeness (QED) is 0.766. The fourth-order valence-electron chi connectivity index (χ4n) is 2.29. The van der Waals surface area contributed by atoms with Crippen molar-refractivity contribution >= 4 is 5.91 Å². The minimum absolute atomic E-state index is 0.0968. The van der Waals surface area contributed by atoms with Crippen LogP contribution < -0.4 is 16.2 Å². The lowest BCUT2D eigenvalue weighted by Gasteiger charge is -2.30. The molecule has 21 heavy (non-hydrogen) atoms. The predicted molar refractivity (Wildman–Crippen MR) is 70.0 cm³/mol. The van der Waals surface area contributed by atoms with Crippen LogP contribution in [0.15, 0.2) is 16.9 Å². The molecule has 2 atom stereocenters. The number of halogens is 3. The first-order chi connectivity index (χ1) is 9.79. The van der Waals surface area contributed by atoms with Gasteiger partial charge in [-0.15, -0.1) is 0 Å². The summed E-state index contributed by atoms with van der Waals surface area (Å²) >= 11 is 0. The van der Waals surface area contributed by atoms with E-state index < -0.39 is 23.3 Å². The molecule has 1 saturated heterocycles. The molecule has 0 saturated carbocycles. The van der Waals surface area contributed by atoms with E-state index >= 15 is 0 Å². The van der Waals surface area contributed by atoms with Gasteiger partial charge < -0.3 is 15.6 Å². The number of aromatic nitrogens is 1. The van der Waals surface area contributed by atoms with Crippen LogP contribution in [-0.4, -0.2) is 30.0 Å². The van der Waals surface area contributed by atoms with Crippen LogP contribution in [0.1, 0.15) is 29.4 Å². The Bertz CT molecular complexity index is 583. The summed E-state index contributed by atoms with van der Waals surface area (Å²) in [5.41, 5.74) is -2.52. The van der Waals surface area contributed by atoms with Crippen LogP contribution in [0.5, 0.6) is 0 Å². The fraction of sp³-hybridized carbons (Fsp3) is 0.538. The third-order valence-corrected chi connectivity index (χ3v) is 3.56. The van der Waals surface area contributed by atoms with Crippen molar-refractivity contribution in [3.05, 3.63) is 33.7 Å². The van der Waals surface area contributed by atoms with Gasteiger partial charge >= 0.3 is 6.18 Å². The molecular weight excluding hydrogens is 287 g/mol. The highest BCUT2D eigenvalue weighted by Crippen LogP contribution is 2.26. The molecule has 1 aliphatic rings. The maximum Gasteiger partial charge on any atom is 0.431 e.